The van der Waals surface area contributed by atoms with Gasteiger partial charge in [-0.2, -0.15) is 18.4 Å². The molecule has 0 atom stereocenters. The highest BCUT2D eigenvalue weighted by atomic mass is 32.2. The molecule has 0 radical (unpaired) electrons. The predicted molar refractivity (Wildman–Crippen MR) is 116 cm³/mol. The van der Waals surface area contributed by atoms with E-state index in [2.05, 4.69) is 4.98 Å². The van der Waals surface area contributed by atoms with Crippen LogP contribution in [0.1, 0.15) is 36.1 Å². The van der Waals surface area contributed by atoms with Crippen LogP contribution in [0.15, 0.2) is 35.4 Å². The Kier molecular flexibility index (Phi) is 5.23. The molecule has 1 aromatic carbocycles. The lowest BCUT2D eigenvalue weighted by Crippen LogP contribution is -2.55. The van der Waals surface area contributed by atoms with Crippen LogP contribution in [0, 0.1) is 18.3 Å². The second kappa shape index (κ2) is 7.47. The van der Waals surface area contributed by atoms with Crippen LogP contribution in [0.4, 0.5) is 24.5 Å². The fourth-order valence-electron chi connectivity index (χ4n) is 4.12. The number of nitrogens with two attached hydrogens (primary N) is 1. The lowest BCUT2D eigenvalue weighted by Gasteiger charge is -2.43. The van der Waals surface area contributed by atoms with Gasteiger partial charge in [-0.3, -0.25) is 9.69 Å². The number of thiocarbonyl (C=S) groups is 1. The Balaban J connectivity index is 1.84. The van der Waals surface area contributed by atoms with Gasteiger partial charge in [0.05, 0.1) is 22.3 Å². The molecule has 0 unspecified atom stereocenters. The number of primary sulfonamides is 1. The number of halogens is 3. The first kappa shape index (κ1) is 23.1. The number of nitrogens with zero attached hydrogens (tertiary/aromatic N) is 4. The monoisotopic (exact) mass is 495 g/mol. The molecule has 2 N–H and O–H groups in total. The molecule has 1 spiro atoms. The van der Waals surface area contributed by atoms with Crippen molar-refractivity contribution in [2.24, 2.45) is 5.14 Å². The molecule has 1 saturated carbocycles. The Morgan fingerprint density at radius 1 is 1.27 bits per heavy atom. The zero-order valence-electron chi connectivity index (χ0n) is 17.0. The highest BCUT2D eigenvalue weighted by Gasteiger charge is 2.60. The molecule has 0 bridgehead atoms. The number of benzene rings is 1. The first-order chi connectivity index (χ1) is 15.3. The quantitative estimate of drug-likeness (QED) is 0.650. The molecule has 1 aromatic heterocycles. The van der Waals surface area contributed by atoms with Gasteiger partial charge in [-0.15, -0.1) is 0 Å². The summed E-state index contributed by atoms with van der Waals surface area (Å²) in [5.74, 6) is -0.506. The number of carbonyl (C=O) groups excluding carboxylic acids is 1. The summed E-state index contributed by atoms with van der Waals surface area (Å²) in [5.41, 5.74) is -2.47. The standard InChI is InChI=1S/C20H16F3N5O3S2/c1-11-7-13(33(25,30)31)3-4-16(11)28-18(32)27(17(29)19(28)5-2-6-19)12-8-14(20(21,22)23)15(9-24)26-10-12/h3-4,7-8,10H,2,5-6H2,1H3,(H2,25,30,31). The molecule has 2 fully saturated rings. The van der Waals surface area contributed by atoms with Gasteiger partial charge in [-0.25, -0.2) is 18.5 Å². The van der Waals surface area contributed by atoms with E-state index in [1.165, 1.54) is 24.3 Å². The number of aryl methyl sites for hydroxylation is 1. The minimum Gasteiger partial charge on any atom is -0.303 e. The van der Waals surface area contributed by atoms with E-state index in [0.29, 0.717) is 36.6 Å². The molecule has 8 nitrogen and oxygen atoms in total. The van der Waals surface area contributed by atoms with Gasteiger partial charge >= 0.3 is 6.18 Å². The molecular weight excluding hydrogens is 479 g/mol. The number of pyridine rings is 1. The van der Waals surface area contributed by atoms with Gasteiger partial charge in [0.15, 0.2) is 10.8 Å². The maximum atomic E-state index is 13.5. The van der Waals surface area contributed by atoms with Gasteiger partial charge < -0.3 is 4.90 Å². The summed E-state index contributed by atoms with van der Waals surface area (Å²) >= 11 is 5.53. The minimum atomic E-state index is -4.85. The number of hydrogen-bond donors (Lipinski definition) is 1. The smallest absolute Gasteiger partial charge is 0.303 e. The van der Waals surface area contributed by atoms with Crippen LogP contribution in [0.3, 0.4) is 0 Å². The number of alkyl halides is 3. The number of aromatic nitrogens is 1. The van der Waals surface area contributed by atoms with E-state index in [9.17, 15) is 26.4 Å². The van der Waals surface area contributed by atoms with Crippen LogP contribution in [0.2, 0.25) is 0 Å². The van der Waals surface area contributed by atoms with Gasteiger partial charge in [0.25, 0.3) is 5.91 Å². The van der Waals surface area contributed by atoms with E-state index < -0.39 is 38.9 Å². The number of nitriles is 1. The third kappa shape index (κ3) is 3.54. The van der Waals surface area contributed by atoms with E-state index in [1.807, 2.05) is 0 Å². The third-order valence-corrected chi connectivity index (χ3v) is 7.15. The highest BCUT2D eigenvalue weighted by molar-refractivity contribution is 7.89. The molecule has 1 aliphatic carbocycles. The highest BCUT2D eigenvalue weighted by Crippen LogP contribution is 2.49. The van der Waals surface area contributed by atoms with E-state index in [1.54, 1.807) is 11.8 Å². The molecule has 2 aliphatic rings. The van der Waals surface area contributed by atoms with E-state index >= 15 is 0 Å². The van der Waals surface area contributed by atoms with Gasteiger partial charge in [0.2, 0.25) is 10.0 Å². The van der Waals surface area contributed by atoms with Crippen molar-refractivity contribution in [1.82, 2.24) is 4.98 Å². The number of rotatable bonds is 3. The Hall–Kier alpha value is -3.08. The number of amides is 1. The maximum Gasteiger partial charge on any atom is 0.419 e. The Labute approximate surface area is 192 Å². The van der Waals surface area contributed by atoms with Crippen molar-refractivity contribution in [3.8, 4) is 6.07 Å². The average molecular weight is 496 g/mol. The zero-order valence-corrected chi connectivity index (χ0v) is 18.7. The van der Waals surface area contributed by atoms with Crippen LogP contribution in [0.5, 0.6) is 0 Å². The topological polar surface area (TPSA) is 120 Å². The number of carbonyl (C=O) groups is 1. The van der Waals surface area contributed by atoms with E-state index in [4.69, 9.17) is 22.6 Å². The van der Waals surface area contributed by atoms with Crippen molar-refractivity contribution < 1.29 is 26.4 Å². The molecule has 1 aliphatic heterocycles. The minimum absolute atomic E-state index is 0.0641. The summed E-state index contributed by atoms with van der Waals surface area (Å²) in [6.45, 7) is 1.62. The second-order valence-electron chi connectivity index (χ2n) is 7.84. The van der Waals surface area contributed by atoms with Crippen molar-refractivity contribution in [2.45, 2.75) is 42.8 Å². The molecule has 33 heavy (non-hydrogen) atoms. The number of hydrogen-bond acceptors (Lipinski definition) is 6. The third-order valence-electron chi connectivity index (χ3n) is 5.87. The summed E-state index contributed by atoms with van der Waals surface area (Å²) in [4.78, 5) is 19.5. The van der Waals surface area contributed by atoms with Crippen molar-refractivity contribution >= 4 is 44.6 Å². The summed E-state index contributed by atoms with van der Waals surface area (Å²) < 4.78 is 63.7. The fraction of sp³-hybridized carbons (Fsp3) is 0.300. The van der Waals surface area contributed by atoms with Gasteiger partial charge in [-0.1, -0.05) is 0 Å². The Morgan fingerprint density at radius 3 is 2.42 bits per heavy atom. The lowest BCUT2D eigenvalue weighted by molar-refractivity contribution is -0.138. The van der Waals surface area contributed by atoms with Crippen molar-refractivity contribution in [3.63, 3.8) is 0 Å². The summed E-state index contributed by atoms with van der Waals surface area (Å²) in [6.07, 6.45) is -2.33. The zero-order chi connectivity index (χ0) is 24.3. The molecule has 4 rings (SSSR count). The second-order valence-corrected chi connectivity index (χ2v) is 9.76. The van der Waals surface area contributed by atoms with Crippen LogP contribution in [0.25, 0.3) is 0 Å². The number of anilines is 2. The summed E-state index contributed by atoms with van der Waals surface area (Å²) in [6, 6.07) is 6.18. The SMILES string of the molecule is Cc1cc(S(N)(=O)=O)ccc1N1C(=S)N(c2cnc(C#N)c(C(F)(F)F)c2)C(=O)C12CCC2. The van der Waals surface area contributed by atoms with Crippen LogP contribution < -0.4 is 14.9 Å². The number of sulfonamides is 1. The Morgan fingerprint density at radius 2 is 1.94 bits per heavy atom. The van der Waals surface area contributed by atoms with E-state index in [0.717, 1.165) is 11.1 Å². The van der Waals surface area contributed by atoms with Gasteiger partial charge in [0.1, 0.15) is 11.6 Å². The molecule has 13 heteroatoms. The maximum absolute atomic E-state index is 13.5. The van der Waals surface area contributed by atoms with Crippen molar-refractivity contribution in [3.05, 3.63) is 47.3 Å². The molecule has 1 saturated heterocycles. The van der Waals surface area contributed by atoms with Crippen molar-refractivity contribution in [2.75, 3.05) is 9.80 Å². The normalized spacial score (nSPS) is 17.9. The van der Waals surface area contributed by atoms with Crippen LogP contribution in [-0.2, 0) is 21.0 Å². The summed E-state index contributed by atoms with van der Waals surface area (Å²) in [5, 5.41) is 14.1. The average Bonchev–Trinajstić information content (AvgIpc) is 2.93. The first-order valence-corrected chi connectivity index (χ1v) is 11.6. The molecule has 1 amide bonds. The van der Waals surface area contributed by atoms with Crippen LogP contribution >= 0.6 is 12.2 Å². The van der Waals surface area contributed by atoms with Crippen molar-refractivity contribution in [1.29, 1.82) is 5.26 Å². The first-order valence-electron chi connectivity index (χ1n) is 9.61. The molecule has 2 heterocycles. The van der Waals surface area contributed by atoms with E-state index in [-0.39, 0.29) is 15.7 Å². The van der Waals surface area contributed by atoms with Gasteiger partial charge in [-0.05, 0) is 68.2 Å². The molecule has 2 aromatic rings. The largest absolute Gasteiger partial charge is 0.419 e. The molecular formula is C20H16F3N5O3S2. The predicted octanol–water partition coefficient (Wildman–Crippen LogP) is 2.99. The van der Waals surface area contributed by atoms with Gasteiger partial charge in [0, 0.05) is 5.69 Å². The lowest BCUT2D eigenvalue weighted by atomic mass is 9.75. The summed E-state index contributed by atoms with van der Waals surface area (Å²) in [7, 11) is -3.96. The van der Waals surface area contributed by atoms with Crippen LogP contribution in [-0.4, -0.2) is 30.0 Å². The molecule has 172 valence electrons. The fourth-order valence-corrected chi connectivity index (χ4v) is 5.18. The Bertz CT molecular complexity index is 1350.